The molecule has 2 rings (SSSR count). The van der Waals surface area contributed by atoms with E-state index in [1.165, 1.54) is 11.1 Å². The summed E-state index contributed by atoms with van der Waals surface area (Å²) in [6.45, 7) is 0. The van der Waals surface area contributed by atoms with Crippen molar-refractivity contribution in [2.75, 3.05) is 0 Å². The van der Waals surface area contributed by atoms with Gasteiger partial charge in [0.15, 0.2) is 0 Å². The minimum Gasteiger partial charge on any atom is -0.358 e. The van der Waals surface area contributed by atoms with Crippen LogP contribution in [0.15, 0.2) is 60.7 Å². The molecular formula is C12H15NSi. The molecule has 0 saturated carbocycles. The molecule has 0 atom stereocenters. The predicted octanol–water partition coefficient (Wildman–Crippen LogP) is 1.58. The first-order chi connectivity index (χ1) is 6.97. The molecule has 2 N–H and O–H groups in total. The van der Waals surface area contributed by atoms with Crippen molar-refractivity contribution >= 4 is 10.4 Å². The van der Waals surface area contributed by atoms with E-state index in [-0.39, 0.29) is 0 Å². The van der Waals surface area contributed by atoms with E-state index in [0.29, 0.717) is 0 Å². The Labute approximate surface area is 88.1 Å². The molecule has 0 radical (unpaired) electrons. The molecule has 0 aliphatic rings. The molecule has 0 unspecified atom stereocenters. The number of benzene rings is 2. The maximum Gasteiger partial charge on any atom is 0.0716 e. The SMILES string of the molecule is N[SiH3].c1ccc(-c2ccccc2)cc1. The molecule has 0 heterocycles. The number of hydrogen-bond donors (Lipinski definition) is 1. The lowest BCUT2D eigenvalue weighted by molar-refractivity contribution is 1.62. The molecule has 0 aliphatic heterocycles. The molecule has 14 heavy (non-hydrogen) atoms. The third-order valence-electron chi connectivity index (χ3n) is 1.88. The second-order valence-corrected chi connectivity index (χ2v) is 2.73. The van der Waals surface area contributed by atoms with Crippen LogP contribution >= 0.6 is 0 Å². The van der Waals surface area contributed by atoms with Gasteiger partial charge in [-0.15, -0.1) is 0 Å². The Hall–Kier alpha value is -1.38. The Balaban J connectivity index is 0.000000461. The van der Waals surface area contributed by atoms with E-state index >= 15 is 0 Å². The summed E-state index contributed by atoms with van der Waals surface area (Å²) in [6, 6.07) is 20.8. The Kier molecular flexibility index (Phi) is 4.68. The smallest absolute Gasteiger partial charge is 0.0716 e. The van der Waals surface area contributed by atoms with Crippen LogP contribution in [0.2, 0.25) is 0 Å². The molecular weight excluding hydrogens is 186 g/mol. The molecule has 2 heteroatoms. The van der Waals surface area contributed by atoms with Crippen molar-refractivity contribution in [2.45, 2.75) is 0 Å². The van der Waals surface area contributed by atoms with Crippen molar-refractivity contribution in [1.82, 2.24) is 0 Å². The van der Waals surface area contributed by atoms with Crippen LogP contribution in [0.3, 0.4) is 0 Å². The third kappa shape index (κ3) is 2.83. The van der Waals surface area contributed by atoms with Crippen molar-refractivity contribution in [3.63, 3.8) is 0 Å². The fourth-order valence-electron chi connectivity index (χ4n) is 1.26. The molecule has 0 amide bonds. The fourth-order valence-corrected chi connectivity index (χ4v) is 1.26. The van der Waals surface area contributed by atoms with Gasteiger partial charge in [-0.2, -0.15) is 0 Å². The highest BCUT2D eigenvalue weighted by atomic mass is 28.2. The highest BCUT2D eigenvalue weighted by molar-refractivity contribution is 6.02. The summed E-state index contributed by atoms with van der Waals surface area (Å²) in [4.78, 5) is 0. The van der Waals surface area contributed by atoms with Crippen LogP contribution in [0.25, 0.3) is 11.1 Å². The molecule has 1 nitrogen and oxygen atoms in total. The molecule has 0 fully saturated rings. The normalized spacial score (nSPS) is 8.93. The summed E-state index contributed by atoms with van der Waals surface area (Å²) < 4.78 is 0. The fraction of sp³-hybridized carbons (Fsp3) is 0. The van der Waals surface area contributed by atoms with E-state index in [1.54, 1.807) is 0 Å². The second-order valence-electron chi connectivity index (χ2n) is 2.73. The van der Waals surface area contributed by atoms with E-state index in [1.807, 2.05) is 12.1 Å². The van der Waals surface area contributed by atoms with E-state index in [9.17, 15) is 0 Å². The zero-order chi connectivity index (χ0) is 10.2. The zero-order valence-corrected chi connectivity index (χ0v) is 10.4. The Morgan fingerprint density at radius 1 is 0.571 bits per heavy atom. The van der Waals surface area contributed by atoms with Gasteiger partial charge in [0, 0.05) is 0 Å². The molecule has 2 aromatic rings. The summed E-state index contributed by atoms with van der Waals surface area (Å²) in [7, 11) is 0.806. The van der Waals surface area contributed by atoms with Gasteiger partial charge in [-0.25, -0.2) is 0 Å². The first-order valence-electron chi connectivity index (χ1n) is 4.65. The summed E-state index contributed by atoms with van der Waals surface area (Å²) in [5, 5.41) is 4.64. The number of hydrogen-bond acceptors (Lipinski definition) is 1. The van der Waals surface area contributed by atoms with Crippen molar-refractivity contribution in [3.05, 3.63) is 60.7 Å². The number of rotatable bonds is 1. The van der Waals surface area contributed by atoms with Crippen LogP contribution in [-0.4, -0.2) is 10.4 Å². The van der Waals surface area contributed by atoms with Crippen LogP contribution in [-0.2, 0) is 0 Å². The van der Waals surface area contributed by atoms with Gasteiger partial charge in [0.25, 0.3) is 0 Å². The Morgan fingerprint density at radius 3 is 1.14 bits per heavy atom. The standard InChI is InChI=1S/C12H10.H5NSi/c1-3-7-11(8-4-1)12-9-5-2-6-10-12;1-2/h1-10H;1H2,2H3. The second kappa shape index (κ2) is 6.13. The van der Waals surface area contributed by atoms with Crippen molar-refractivity contribution in [3.8, 4) is 11.1 Å². The average Bonchev–Trinajstić information content (AvgIpc) is 2.34. The quantitative estimate of drug-likeness (QED) is 0.697. The first kappa shape index (κ1) is 10.7. The minimum atomic E-state index is 0.806. The summed E-state index contributed by atoms with van der Waals surface area (Å²) >= 11 is 0. The van der Waals surface area contributed by atoms with Crippen LogP contribution in [0, 0.1) is 0 Å². The number of nitrogens with two attached hydrogens (primary N) is 1. The first-order valence-corrected chi connectivity index (χ1v) is 5.80. The van der Waals surface area contributed by atoms with Crippen molar-refractivity contribution in [1.29, 1.82) is 0 Å². The molecule has 0 bridgehead atoms. The monoisotopic (exact) mass is 201 g/mol. The van der Waals surface area contributed by atoms with E-state index in [2.05, 4.69) is 53.9 Å². The van der Waals surface area contributed by atoms with Crippen LogP contribution in [0.4, 0.5) is 0 Å². The van der Waals surface area contributed by atoms with Gasteiger partial charge in [-0.3, -0.25) is 0 Å². The zero-order valence-electron chi connectivity index (χ0n) is 8.35. The summed E-state index contributed by atoms with van der Waals surface area (Å²) in [5.74, 6) is 0. The maximum atomic E-state index is 4.64. The maximum absolute atomic E-state index is 4.64. The summed E-state index contributed by atoms with van der Waals surface area (Å²) in [6.07, 6.45) is 0. The predicted molar refractivity (Wildman–Crippen MR) is 66.0 cm³/mol. The van der Waals surface area contributed by atoms with E-state index in [4.69, 9.17) is 0 Å². The van der Waals surface area contributed by atoms with Crippen molar-refractivity contribution < 1.29 is 0 Å². The molecule has 2 aromatic carbocycles. The van der Waals surface area contributed by atoms with Gasteiger partial charge in [0.05, 0.1) is 10.4 Å². The molecule has 0 spiro atoms. The Morgan fingerprint density at radius 2 is 0.857 bits per heavy atom. The van der Waals surface area contributed by atoms with E-state index in [0.717, 1.165) is 10.4 Å². The van der Waals surface area contributed by atoms with Gasteiger partial charge in [0.2, 0.25) is 0 Å². The average molecular weight is 201 g/mol. The van der Waals surface area contributed by atoms with Gasteiger partial charge in [-0.1, -0.05) is 60.7 Å². The minimum absolute atomic E-state index is 0.806. The topological polar surface area (TPSA) is 26.0 Å². The molecule has 72 valence electrons. The van der Waals surface area contributed by atoms with Crippen LogP contribution in [0.1, 0.15) is 0 Å². The third-order valence-corrected chi connectivity index (χ3v) is 1.88. The van der Waals surface area contributed by atoms with Gasteiger partial charge in [-0.05, 0) is 11.1 Å². The van der Waals surface area contributed by atoms with Crippen LogP contribution in [0.5, 0.6) is 0 Å². The van der Waals surface area contributed by atoms with Gasteiger partial charge in [0.1, 0.15) is 0 Å². The highest BCUT2D eigenvalue weighted by Gasteiger charge is 1.91. The van der Waals surface area contributed by atoms with E-state index < -0.39 is 0 Å². The van der Waals surface area contributed by atoms with Gasteiger partial charge >= 0.3 is 0 Å². The lowest BCUT2D eigenvalue weighted by Crippen LogP contribution is -1.75. The lowest BCUT2D eigenvalue weighted by Gasteiger charge is -1.98. The molecule has 0 aliphatic carbocycles. The molecule has 0 aromatic heterocycles. The molecule has 0 saturated heterocycles. The largest absolute Gasteiger partial charge is 0.358 e. The highest BCUT2D eigenvalue weighted by Crippen LogP contribution is 2.17. The Bertz CT molecular complexity index is 308. The van der Waals surface area contributed by atoms with Crippen molar-refractivity contribution in [2.24, 2.45) is 5.40 Å². The van der Waals surface area contributed by atoms with Crippen LogP contribution < -0.4 is 5.40 Å². The summed E-state index contributed by atoms with van der Waals surface area (Å²) in [5.41, 5.74) is 2.55. The van der Waals surface area contributed by atoms with Gasteiger partial charge < -0.3 is 5.40 Å². The lowest BCUT2D eigenvalue weighted by atomic mass is 10.1.